The molecule has 3 rings (SSSR count). The summed E-state index contributed by atoms with van der Waals surface area (Å²) in [6.45, 7) is 2.07. The third kappa shape index (κ3) is 1.76. The van der Waals surface area contributed by atoms with Gasteiger partial charge in [0.05, 0.1) is 6.04 Å². The van der Waals surface area contributed by atoms with E-state index in [1.165, 1.54) is 25.7 Å². The topological polar surface area (TPSA) is 32.3 Å². The van der Waals surface area contributed by atoms with E-state index in [9.17, 15) is 4.79 Å². The van der Waals surface area contributed by atoms with Crippen LogP contribution in [0.3, 0.4) is 0 Å². The van der Waals surface area contributed by atoms with Crippen LogP contribution in [-0.4, -0.2) is 36.0 Å². The van der Waals surface area contributed by atoms with Gasteiger partial charge in [-0.25, -0.2) is 0 Å². The fourth-order valence-corrected chi connectivity index (χ4v) is 3.24. The SMILES string of the molecule is Cl.O=C(C1CCCN1)N1CC2CCCC21. The molecule has 3 atom stereocenters. The van der Waals surface area contributed by atoms with Crippen molar-refractivity contribution in [1.29, 1.82) is 0 Å². The summed E-state index contributed by atoms with van der Waals surface area (Å²) in [6.07, 6.45) is 6.15. The summed E-state index contributed by atoms with van der Waals surface area (Å²) in [4.78, 5) is 14.2. The molecule has 2 saturated heterocycles. The van der Waals surface area contributed by atoms with Crippen LogP contribution in [0.15, 0.2) is 0 Å². The zero-order valence-corrected chi connectivity index (χ0v) is 9.76. The molecule has 0 bridgehead atoms. The molecule has 0 aromatic carbocycles. The highest BCUT2D eigenvalue weighted by molar-refractivity contribution is 5.85. The minimum Gasteiger partial charge on any atom is -0.338 e. The van der Waals surface area contributed by atoms with Gasteiger partial charge in [-0.05, 0) is 38.1 Å². The second-order valence-corrected chi connectivity index (χ2v) is 4.90. The van der Waals surface area contributed by atoms with Crippen LogP contribution in [0.25, 0.3) is 0 Å². The Labute approximate surface area is 97.0 Å². The Balaban J connectivity index is 0.000000853. The first-order valence-corrected chi connectivity index (χ1v) is 5.90. The molecule has 2 aliphatic heterocycles. The number of halogens is 1. The monoisotopic (exact) mass is 230 g/mol. The number of fused-ring (bicyclic) bond motifs is 1. The summed E-state index contributed by atoms with van der Waals surface area (Å²) in [5.74, 6) is 1.23. The van der Waals surface area contributed by atoms with Gasteiger partial charge in [-0.2, -0.15) is 0 Å². The van der Waals surface area contributed by atoms with Crippen molar-refractivity contribution in [1.82, 2.24) is 10.2 Å². The predicted molar refractivity (Wildman–Crippen MR) is 61.1 cm³/mol. The molecule has 1 amide bonds. The molecule has 1 N–H and O–H groups in total. The molecule has 3 fully saturated rings. The smallest absolute Gasteiger partial charge is 0.239 e. The summed E-state index contributed by atoms with van der Waals surface area (Å²) in [5.41, 5.74) is 0. The van der Waals surface area contributed by atoms with Crippen molar-refractivity contribution in [3.8, 4) is 0 Å². The molecular formula is C11H19ClN2O. The van der Waals surface area contributed by atoms with Gasteiger partial charge in [0.1, 0.15) is 0 Å². The number of nitrogens with one attached hydrogen (secondary N) is 1. The molecule has 0 radical (unpaired) electrons. The van der Waals surface area contributed by atoms with Crippen LogP contribution in [0.2, 0.25) is 0 Å². The highest BCUT2D eigenvalue weighted by Gasteiger charge is 2.46. The Morgan fingerprint density at radius 3 is 2.73 bits per heavy atom. The summed E-state index contributed by atoms with van der Waals surface area (Å²) in [6, 6.07) is 0.765. The summed E-state index contributed by atoms with van der Waals surface area (Å²) >= 11 is 0. The largest absolute Gasteiger partial charge is 0.338 e. The van der Waals surface area contributed by atoms with Crippen molar-refractivity contribution < 1.29 is 4.79 Å². The number of hydrogen-bond donors (Lipinski definition) is 1. The van der Waals surface area contributed by atoms with Crippen molar-refractivity contribution in [2.75, 3.05) is 13.1 Å². The minimum atomic E-state index is 0. The molecule has 0 aromatic rings. The van der Waals surface area contributed by atoms with Gasteiger partial charge >= 0.3 is 0 Å². The van der Waals surface area contributed by atoms with E-state index in [1.54, 1.807) is 0 Å². The Bertz CT molecular complexity index is 253. The predicted octanol–water partition coefficient (Wildman–Crippen LogP) is 1.17. The fraction of sp³-hybridized carbons (Fsp3) is 0.909. The number of likely N-dealkylation sites (tertiary alicyclic amines) is 1. The molecule has 1 saturated carbocycles. The van der Waals surface area contributed by atoms with Gasteiger partial charge in [-0.3, -0.25) is 4.79 Å². The third-order valence-electron chi connectivity index (χ3n) is 4.09. The molecule has 0 spiro atoms. The maximum absolute atomic E-state index is 12.0. The van der Waals surface area contributed by atoms with Crippen molar-refractivity contribution in [3.63, 3.8) is 0 Å². The molecule has 3 unspecified atom stereocenters. The molecular weight excluding hydrogens is 212 g/mol. The van der Waals surface area contributed by atoms with Crippen LogP contribution in [0, 0.1) is 5.92 Å². The van der Waals surface area contributed by atoms with Crippen molar-refractivity contribution >= 4 is 18.3 Å². The maximum atomic E-state index is 12.0. The van der Waals surface area contributed by atoms with Crippen molar-refractivity contribution in [2.24, 2.45) is 5.92 Å². The average molecular weight is 231 g/mol. The van der Waals surface area contributed by atoms with Crippen molar-refractivity contribution in [2.45, 2.75) is 44.2 Å². The van der Waals surface area contributed by atoms with Gasteiger partial charge in [-0.15, -0.1) is 12.4 Å². The Kier molecular flexibility index (Phi) is 3.21. The number of amides is 1. The Hall–Kier alpha value is -0.280. The van der Waals surface area contributed by atoms with Crippen molar-refractivity contribution in [3.05, 3.63) is 0 Å². The molecule has 4 heteroatoms. The van der Waals surface area contributed by atoms with Gasteiger partial charge in [0, 0.05) is 12.6 Å². The zero-order chi connectivity index (χ0) is 9.54. The lowest BCUT2D eigenvalue weighted by Gasteiger charge is -2.45. The van der Waals surface area contributed by atoms with E-state index in [1.807, 2.05) is 0 Å². The van der Waals surface area contributed by atoms with Crippen LogP contribution in [0.4, 0.5) is 0 Å². The lowest BCUT2D eigenvalue weighted by molar-refractivity contribution is -0.144. The minimum absolute atomic E-state index is 0. The van der Waals surface area contributed by atoms with E-state index in [2.05, 4.69) is 10.2 Å². The van der Waals surface area contributed by atoms with E-state index in [0.29, 0.717) is 11.9 Å². The first-order valence-electron chi connectivity index (χ1n) is 5.90. The van der Waals surface area contributed by atoms with Crippen LogP contribution in [0.1, 0.15) is 32.1 Å². The van der Waals surface area contributed by atoms with Gasteiger partial charge in [-0.1, -0.05) is 6.42 Å². The molecule has 15 heavy (non-hydrogen) atoms. The van der Waals surface area contributed by atoms with E-state index in [4.69, 9.17) is 0 Å². The third-order valence-corrected chi connectivity index (χ3v) is 4.09. The fourth-order valence-electron chi connectivity index (χ4n) is 3.24. The summed E-state index contributed by atoms with van der Waals surface area (Å²) < 4.78 is 0. The summed E-state index contributed by atoms with van der Waals surface area (Å²) in [5, 5.41) is 3.29. The number of rotatable bonds is 1. The van der Waals surface area contributed by atoms with Crippen LogP contribution < -0.4 is 5.32 Å². The second-order valence-electron chi connectivity index (χ2n) is 4.90. The van der Waals surface area contributed by atoms with Crippen LogP contribution in [0.5, 0.6) is 0 Å². The molecule has 0 aromatic heterocycles. The molecule has 3 aliphatic rings. The normalized spacial score (nSPS) is 38.1. The summed E-state index contributed by atoms with van der Waals surface area (Å²) in [7, 11) is 0. The zero-order valence-electron chi connectivity index (χ0n) is 8.95. The molecule has 86 valence electrons. The average Bonchev–Trinajstić information content (AvgIpc) is 2.75. The quantitative estimate of drug-likeness (QED) is 0.734. The highest BCUT2D eigenvalue weighted by atomic mass is 35.5. The maximum Gasteiger partial charge on any atom is 0.239 e. The van der Waals surface area contributed by atoms with E-state index in [-0.39, 0.29) is 18.4 Å². The lowest BCUT2D eigenvalue weighted by Crippen LogP contribution is -2.59. The number of nitrogens with zero attached hydrogens (tertiary/aromatic N) is 1. The van der Waals surface area contributed by atoms with E-state index in [0.717, 1.165) is 25.4 Å². The molecule has 1 aliphatic carbocycles. The van der Waals surface area contributed by atoms with E-state index < -0.39 is 0 Å². The Morgan fingerprint density at radius 2 is 2.07 bits per heavy atom. The lowest BCUT2D eigenvalue weighted by atomic mass is 9.91. The van der Waals surface area contributed by atoms with Crippen LogP contribution >= 0.6 is 12.4 Å². The number of carbonyl (C=O) groups excluding carboxylic acids is 1. The van der Waals surface area contributed by atoms with Crippen LogP contribution in [-0.2, 0) is 4.79 Å². The highest BCUT2D eigenvalue weighted by Crippen LogP contribution is 2.39. The van der Waals surface area contributed by atoms with Gasteiger partial charge in [0.25, 0.3) is 0 Å². The number of hydrogen-bond acceptors (Lipinski definition) is 2. The second kappa shape index (κ2) is 4.30. The van der Waals surface area contributed by atoms with E-state index >= 15 is 0 Å². The van der Waals surface area contributed by atoms with Gasteiger partial charge in [0.15, 0.2) is 0 Å². The molecule has 2 heterocycles. The van der Waals surface area contributed by atoms with Gasteiger partial charge in [0.2, 0.25) is 5.91 Å². The molecule has 3 nitrogen and oxygen atoms in total. The first kappa shape index (κ1) is 11.2. The Morgan fingerprint density at radius 1 is 1.20 bits per heavy atom. The number of carbonyl (C=O) groups is 1. The standard InChI is InChI=1S/C11H18N2O.ClH/c14-11(9-4-2-6-12-9)13-7-8-3-1-5-10(8)13;/h8-10,12H,1-7H2;1H. The first-order chi connectivity index (χ1) is 6.86. The van der Waals surface area contributed by atoms with Gasteiger partial charge < -0.3 is 10.2 Å².